The minimum Gasteiger partial charge on any atom is -0.368 e. The number of anilines is 2. The van der Waals surface area contributed by atoms with Crippen LogP contribution < -0.4 is 15.5 Å². The highest BCUT2D eigenvalue weighted by molar-refractivity contribution is 6.03. The summed E-state index contributed by atoms with van der Waals surface area (Å²) in [6.07, 6.45) is 5.13. The first-order valence-electron chi connectivity index (χ1n) is 8.25. The van der Waals surface area contributed by atoms with Gasteiger partial charge >= 0.3 is 0 Å². The Morgan fingerprint density at radius 1 is 1.24 bits per heavy atom. The van der Waals surface area contributed by atoms with Gasteiger partial charge in [-0.05, 0) is 30.7 Å². The first-order chi connectivity index (χ1) is 12.2. The second-order valence-corrected chi connectivity index (χ2v) is 6.01. The lowest BCUT2D eigenvalue weighted by Gasteiger charge is -2.30. The number of piperazine rings is 1. The van der Waals surface area contributed by atoms with E-state index in [1.807, 2.05) is 12.3 Å². The van der Waals surface area contributed by atoms with Crippen LogP contribution in [0.5, 0.6) is 0 Å². The van der Waals surface area contributed by atoms with Crippen LogP contribution >= 0.6 is 0 Å². The maximum Gasteiger partial charge on any atom is 0.258 e. The molecule has 1 amide bonds. The molecule has 1 aliphatic rings. The number of hydrogen-bond donors (Lipinski definition) is 2. The highest BCUT2D eigenvalue weighted by Gasteiger charge is 2.16. The van der Waals surface area contributed by atoms with Gasteiger partial charge in [0.25, 0.3) is 5.91 Å². The average Bonchev–Trinajstić information content (AvgIpc) is 3.03. The van der Waals surface area contributed by atoms with Crippen LogP contribution in [0.4, 0.5) is 11.6 Å². The van der Waals surface area contributed by atoms with Crippen molar-refractivity contribution in [2.24, 2.45) is 0 Å². The highest BCUT2D eigenvalue weighted by Crippen LogP contribution is 2.22. The van der Waals surface area contributed by atoms with Crippen molar-refractivity contribution in [3.05, 3.63) is 47.9 Å². The number of aryl methyl sites for hydroxylation is 1. The Morgan fingerprint density at radius 3 is 2.76 bits per heavy atom. The van der Waals surface area contributed by atoms with Crippen LogP contribution in [0, 0.1) is 6.92 Å². The van der Waals surface area contributed by atoms with E-state index in [1.165, 1.54) is 0 Å². The summed E-state index contributed by atoms with van der Waals surface area (Å²) in [5, 5.41) is 10.5. The van der Waals surface area contributed by atoms with Crippen molar-refractivity contribution in [2.45, 2.75) is 6.92 Å². The summed E-state index contributed by atoms with van der Waals surface area (Å²) >= 11 is 0. The number of carbonyl (C=O) groups excluding carboxylic acids is 1. The number of fused-ring (bicyclic) bond motifs is 1. The fourth-order valence-electron chi connectivity index (χ4n) is 2.98. The van der Waals surface area contributed by atoms with Gasteiger partial charge in [-0.25, -0.2) is 4.52 Å². The molecule has 1 aliphatic heterocycles. The molecule has 0 radical (unpaired) electrons. The first-order valence-corrected chi connectivity index (χ1v) is 8.25. The minimum atomic E-state index is -0.252. The molecule has 0 bridgehead atoms. The zero-order chi connectivity index (χ0) is 17.2. The molecule has 0 atom stereocenters. The van der Waals surface area contributed by atoms with E-state index in [1.54, 1.807) is 29.0 Å². The van der Waals surface area contributed by atoms with Crippen LogP contribution in [0.15, 0.2) is 36.8 Å². The minimum absolute atomic E-state index is 0.252. The number of amides is 1. The van der Waals surface area contributed by atoms with E-state index in [4.69, 9.17) is 0 Å². The van der Waals surface area contributed by atoms with Crippen molar-refractivity contribution in [1.82, 2.24) is 24.9 Å². The summed E-state index contributed by atoms with van der Waals surface area (Å²) in [5.74, 6) is 0.0380. The van der Waals surface area contributed by atoms with Gasteiger partial charge in [0.2, 0.25) is 5.95 Å². The molecule has 0 aliphatic carbocycles. The monoisotopic (exact) mass is 337 g/mol. The predicted molar refractivity (Wildman–Crippen MR) is 95.0 cm³/mol. The fourth-order valence-corrected chi connectivity index (χ4v) is 2.98. The third-order valence-corrected chi connectivity index (χ3v) is 4.28. The number of carbonyl (C=O) groups is 1. The van der Waals surface area contributed by atoms with Gasteiger partial charge < -0.3 is 10.2 Å². The van der Waals surface area contributed by atoms with E-state index < -0.39 is 0 Å². The third-order valence-electron chi connectivity index (χ3n) is 4.28. The first kappa shape index (κ1) is 15.5. The van der Waals surface area contributed by atoms with E-state index in [-0.39, 0.29) is 5.91 Å². The second-order valence-electron chi connectivity index (χ2n) is 6.01. The standard InChI is InChI=1S/C17H19N7O/c1-12-10-15-20-17(21-16(25)13-2-4-18-5-3-13)22-24(15)11-14(12)23-8-6-19-7-9-23/h2-5,10-11,19H,6-9H2,1H3,(H,21,22,25). The predicted octanol–water partition coefficient (Wildman–Crippen LogP) is 1.09. The topological polar surface area (TPSA) is 87.5 Å². The van der Waals surface area contributed by atoms with E-state index >= 15 is 0 Å². The molecule has 0 unspecified atom stereocenters. The molecule has 4 rings (SSSR count). The summed E-state index contributed by atoms with van der Waals surface area (Å²) in [5.41, 5.74) is 3.52. The third kappa shape index (κ3) is 3.16. The Balaban J connectivity index is 1.60. The molecule has 25 heavy (non-hydrogen) atoms. The largest absolute Gasteiger partial charge is 0.368 e. The Bertz CT molecular complexity index is 900. The molecule has 8 nitrogen and oxygen atoms in total. The number of aromatic nitrogens is 4. The zero-order valence-corrected chi connectivity index (χ0v) is 13.9. The van der Waals surface area contributed by atoms with Gasteiger partial charge in [-0.1, -0.05) is 0 Å². The number of pyridine rings is 2. The fraction of sp³-hybridized carbons (Fsp3) is 0.294. The van der Waals surface area contributed by atoms with Gasteiger partial charge in [0.1, 0.15) is 0 Å². The van der Waals surface area contributed by atoms with Crippen molar-refractivity contribution >= 4 is 23.2 Å². The van der Waals surface area contributed by atoms with E-state index in [2.05, 4.69) is 37.5 Å². The Morgan fingerprint density at radius 2 is 2.00 bits per heavy atom. The maximum atomic E-state index is 12.2. The van der Waals surface area contributed by atoms with Gasteiger partial charge in [0, 0.05) is 44.1 Å². The molecule has 0 saturated carbocycles. The van der Waals surface area contributed by atoms with Crippen LogP contribution in [0.2, 0.25) is 0 Å². The number of nitrogens with one attached hydrogen (secondary N) is 2. The van der Waals surface area contributed by atoms with Gasteiger partial charge in [-0.3, -0.25) is 15.1 Å². The van der Waals surface area contributed by atoms with Gasteiger partial charge in [0.15, 0.2) is 5.65 Å². The van der Waals surface area contributed by atoms with Gasteiger partial charge in [-0.2, -0.15) is 4.98 Å². The summed E-state index contributed by atoms with van der Waals surface area (Å²) in [6, 6.07) is 5.29. The smallest absolute Gasteiger partial charge is 0.258 e. The lowest BCUT2D eigenvalue weighted by atomic mass is 10.2. The summed E-state index contributed by atoms with van der Waals surface area (Å²) in [4.78, 5) is 22.9. The van der Waals surface area contributed by atoms with Crippen LogP contribution in [-0.2, 0) is 0 Å². The highest BCUT2D eigenvalue weighted by atomic mass is 16.1. The van der Waals surface area contributed by atoms with Crippen molar-refractivity contribution in [3.63, 3.8) is 0 Å². The molecule has 8 heteroatoms. The van der Waals surface area contributed by atoms with Crippen molar-refractivity contribution in [1.29, 1.82) is 0 Å². The normalized spacial score (nSPS) is 14.7. The second kappa shape index (κ2) is 6.48. The number of nitrogens with zero attached hydrogens (tertiary/aromatic N) is 5. The molecule has 2 N–H and O–H groups in total. The Kier molecular flexibility index (Phi) is 4.02. The maximum absolute atomic E-state index is 12.2. The molecule has 128 valence electrons. The summed E-state index contributed by atoms with van der Waals surface area (Å²) in [6.45, 7) is 5.95. The molecule has 0 aromatic carbocycles. The summed E-state index contributed by atoms with van der Waals surface area (Å²) in [7, 11) is 0. The molecule has 4 heterocycles. The lowest BCUT2D eigenvalue weighted by molar-refractivity contribution is 0.102. The van der Waals surface area contributed by atoms with Crippen molar-refractivity contribution in [3.8, 4) is 0 Å². The molecule has 0 spiro atoms. The Labute approximate surface area is 144 Å². The molecule has 1 saturated heterocycles. The van der Waals surface area contributed by atoms with Gasteiger partial charge in [-0.15, -0.1) is 5.10 Å². The molecular weight excluding hydrogens is 318 g/mol. The van der Waals surface area contributed by atoms with E-state index in [9.17, 15) is 4.79 Å². The molecular formula is C17H19N7O. The molecule has 1 fully saturated rings. The average molecular weight is 337 g/mol. The number of hydrogen-bond acceptors (Lipinski definition) is 6. The van der Waals surface area contributed by atoms with Crippen LogP contribution in [-0.4, -0.2) is 51.7 Å². The zero-order valence-electron chi connectivity index (χ0n) is 13.9. The quantitative estimate of drug-likeness (QED) is 0.744. The SMILES string of the molecule is Cc1cc2nc(NC(=O)c3ccncc3)nn2cc1N1CCNCC1. The number of rotatable bonds is 3. The summed E-state index contributed by atoms with van der Waals surface area (Å²) < 4.78 is 1.71. The van der Waals surface area contributed by atoms with Gasteiger partial charge in [0.05, 0.1) is 11.9 Å². The Hall–Kier alpha value is -3.00. The van der Waals surface area contributed by atoms with Crippen molar-refractivity contribution in [2.75, 3.05) is 36.4 Å². The van der Waals surface area contributed by atoms with Crippen LogP contribution in [0.25, 0.3) is 5.65 Å². The lowest BCUT2D eigenvalue weighted by Crippen LogP contribution is -2.43. The molecule has 3 aromatic rings. The van der Waals surface area contributed by atoms with Crippen LogP contribution in [0.1, 0.15) is 15.9 Å². The molecule has 3 aromatic heterocycles. The van der Waals surface area contributed by atoms with Crippen molar-refractivity contribution < 1.29 is 4.79 Å². The van der Waals surface area contributed by atoms with E-state index in [0.29, 0.717) is 17.2 Å². The van der Waals surface area contributed by atoms with E-state index in [0.717, 1.165) is 37.4 Å². The van der Waals surface area contributed by atoms with Crippen LogP contribution in [0.3, 0.4) is 0 Å².